The van der Waals surface area contributed by atoms with Gasteiger partial charge in [0.2, 0.25) is 0 Å². The molecule has 1 amide bonds. The summed E-state index contributed by atoms with van der Waals surface area (Å²) in [5.41, 5.74) is 10.7. The fourth-order valence-electron chi connectivity index (χ4n) is 3.32. The van der Waals surface area contributed by atoms with E-state index in [1.165, 1.54) is 0 Å². The Kier molecular flexibility index (Phi) is 4.31. The van der Waals surface area contributed by atoms with Crippen LogP contribution >= 0.6 is 11.5 Å². The van der Waals surface area contributed by atoms with Crippen LogP contribution in [0.25, 0.3) is 10.8 Å². The van der Waals surface area contributed by atoms with Crippen LogP contribution in [0.4, 0.5) is 10.7 Å². The molecule has 1 aromatic heterocycles. The number of nitrogens with two attached hydrogens (primary N) is 1. The molecule has 2 heterocycles. The third-order valence-corrected chi connectivity index (χ3v) is 7.14. The average Bonchev–Trinajstić information content (AvgIpc) is 3.11. The maximum Gasteiger partial charge on any atom is 0.265 e. The number of hydrazone groups is 1. The number of aryl methyl sites for hydroxylation is 1. The quantitative estimate of drug-likeness (QED) is 0.500. The number of nitrogen functional groups attached to an aromatic ring is 1. The first-order valence-corrected chi connectivity index (χ1v) is 10.6. The standard InChI is InChI=1S/C18H17N5O3S2/c1-10(16-11(2)22-27-18(16)19)20-21-15(24)9-23-13-7-3-5-12-6-4-8-14(17(12)13)28(23,25)26/h3-8H,9,19H2,1-2H3,(H,21,24)/b20-10-. The molecular weight excluding hydrogens is 398 g/mol. The van der Waals surface area contributed by atoms with E-state index in [1.54, 1.807) is 38.1 Å². The van der Waals surface area contributed by atoms with Crippen LogP contribution in [0.1, 0.15) is 18.2 Å². The minimum absolute atomic E-state index is 0.209. The third-order valence-electron chi connectivity index (χ3n) is 4.57. The van der Waals surface area contributed by atoms with Crippen LogP contribution in [0.5, 0.6) is 0 Å². The molecule has 144 valence electrons. The van der Waals surface area contributed by atoms with Gasteiger partial charge in [0.15, 0.2) is 0 Å². The SMILES string of the molecule is C/C(=N/NC(=O)CN1c2cccc3cccc(c23)S1(=O)=O)c1c(C)nsc1N. The summed E-state index contributed by atoms with van der Waals surface area (Å²) in [5.74, 6) is -0.549. The fraction of sp³-hybridized carbons (Fsp3) is 0.167. The molecule has 28 heavy (non-hydrogen) atoms. The topological polar surface area (TPSA) is 118 Å². The summed E-state index contributed by atoms with van der Waals surface area (Å²) in [6.07, 6.45) is 0. The highest BCUT2D eigenvalue weighted by molar-refractivity contribution is 7.93. The van der Waals surface area contributed by atoms with Crippen molar-refractivity contribution in [2.75, 3.05) is 16.6 Å². The molecule has 4 rings (SSSR count). The largest absolute Gasteiger partial charge is 0.389 e. The van der Waals surface area contributed by atoms with Gasteiger partial charge in [-0.2, -0.15) is 9.47 Å². The Morgan fingerprint density at radius 2 is 2.00 bits per heavy atom. The number of nitrogens with zero attached hydrogens (tertiary/aromatic N) is 3. The summed E-state index contributed by atoms with van der Waals surface area (Å²) >= 11 is 1.16. The second-order valence-corrected chi connectivity index (χ2v) is 9.02. The Hall–Kier alpha value is -2.98. The van der Waals surface area contributed by atoms with Crippen LogP contribution in [0.3, 0.4) is 0 Å². The number of benzene rings is 2. The minimum Gasteiger partial charge on any atom is -0.389 e. The van der Waals surface area contributed by atoms with E-state index >= 15 is 0 Å². The second-order valence-electron chi connectivity index (χ2n) is 6.38. The second kappa shape index (κ2) is 6.57. The molecule has 3 aromatic rings. The number of hydrogen-bond donors (Lipinski definition) is 2. The molecule has 1 aliphatic rings. The van der Waals surface area contributed by atoms with Gasteiger partial charge in [0.1, 0.15) is 11.5 Å². The van der Waals surface area contributed by atoms with Crippen molar-refractivity contribution in [3.8, 4) is 0 Å². The van der Waals surface area contributed by atoms with E-state index < -0.39 is 15.9 Å². The van der Waals surface area contributed by atoms with E-state index in [4.69, 9.17) is 5.73 Å². The highest BCUT2D eigenvalue weighted by Crippen LogP contribution is 2.41. The summed E-state index contributed by atoms with van der Waals surface area (Å²) in [5, 5.41) is 6.01. The summed E-state index contributed by atoms with van der Waals surface area (Å²) < 4.78 is 31.1. The van der Waals surface area contributed by atoms with E-state index in [2.05, 4.69) is 14.9 Å². The van der Waals surface area contributed by atoms with Crippen molar-refractivity contribution in [2.45, 2.75) is 18.7 Å². The van der Waals surface area contributed by atoms with Crippen LogP contribution in [-0.2, 0) is 14.8 Å². The summed E-state index contributed by atoms with van der Waals surface area (Å²) in [6.45, 7) is 3.14. The Balaban J connectivity index is 1.59. The molecule has 0 fully saturated rings. The molecule has 0 saturated carbocycles. The molecule has 0 unspecified atom stereocenters. The lowest BCUT2D eigenvalue weighted by Gasteiger charge is -2.17. The molecule has 10 heteroatoms. The predicted octanol–water partition coefficient (Wildman–Crippen LogP) is 2.24. The zero-order chi connectivity index (χ0) is 20.1. The van der Waals surface area contributed by atoms with E-state index in [9.17, 15) is 13.2 Å². The molecular formula is C18H17N5O3S2. The Morgan fingerprint density at radius 3 is 2.68 bits per heavy atom. The predicted molar refractivity (Wildman–Crippen MR) is 110 cm³/mol. The molecule has 1 aliphatic heterocycles. The van der Waals surface area contributed by atoms with Gasteiger partial charge >= 0.3 is 0 Å². The lowest BCUT2D eigenvalue weighted by atomic mass is 10.1. The zero-order valence-electron chi connectivity index (χ0n) is 15.1. The Bertz CT molecular complexity index is 1220. The monoisotopic (exact) mass is 415 g/mol. The first-order chi connectivity index (χ1) is 13.3. The van der Waals surface area contributed by atoms with Crippen molar-refractivity contribution in [3.63, 3.8) is 0 Å². The highest BCUT2D eigenvalue weighted by atomic mass is 32.2. The van der Waals surface area contributed by atoms with Gasteiger partial charge in [0.05, 0.1) is 27.6 Å². The maximum atomic E-state index is 12.9. The lowest BCUT2D eigenvalue weighted by molar-refractivity contribution is -0.119. The van der Waals surface area contributed by atoms with E-state index in [0.29, 0.717) is 27.3 Å². The van der Waals surface area contributed by atoms with Gasteiger partial charge < -0.3 is 5.73 Å². The molecule has 0 radical (unpaired) electrons. The lowest BCUT2D eigenvalue weighted by Crippen LogP contribution is -2.37. The zero-order valence-corrected chi connectivity index (χ0v) is 16.8. The smallest absolute Gasteiger partial charge is 0.265 e. The van der Waals surface area contributed by atoms with E-state index in [0.717, 1.165) is 26.9 Å². The van der Waals surface area contributed by atoms with Crippen molar-refractivity contribution in [3.05, 3.63) is 47.7 Å². The fourth-order valence-corrected chi connectivity index (χ4v) is 5.70. The Morgan fingerprint density at radius 1 is 1.29 bits per heavy atom. The van der Waals surface area contributed by atoms with E-state index in [1.807, 2.05) is 12.1 Å². The maximum absolute atomic E-state index is 12.9. The molecule has 0 saturated heterocycles. The van der Waals surface area contributed by atoms with Gasteiger partial charge in [0, 0.05) is 5.39 Å². The normalized spacial score (nSPS) is 15.2. The first kappa shape index (κ1) is 18.4. The number of aromatic nitrogens is 1. The van der Waals surface area contributed by atoms with Crippen LogP contribution in [0.15, 0.2) is 46.4 Å². The van der Waals surface area contributed by atoms with E-state index in [-0.39, 0.29) is 11.4 Å². The van der Waals surface area contributed by atoms with Gasteiger partial charge in [-0.1, -0.05) is 24.3 Å². The van der Waals surface area contributed by atoms with Gasteiger partial charge in [-0.05, 0) is 42.9 Å². The molecule has 3 N–H and O–H groups in total. The van der Waals surface area contributed by atoms with Crippen molar-refractivity contribution < 1.29 is 13.2 Å². The minimum atomic E-state index is -3.79. The van der Waals surface area contributed by atoms with Crippen molar-refractivity contribution in [1.82, 2.24) is 9.80 Å². The number of carbonyl (C=O) groups is 1. The number of amides is 1. The third kappa shape index (κ3) is 2.81. The highest BCUT2D eigenvalue weighted by Gasteiger charge is 2.36. The van der Waals surface area contributed by atoms with Gasteiger partial charge in [-0.3, -0.25) is 9.10 Å². The number of hydrogen-bond acceptors (Lipinski definition) is 7. The number of sulfonamides is 1. The van der Waals surface area contributed by atoms with Gasteiger partial charge in [0.25, 0.3) is 15.9 Å². The molecule has 0 atom stereocenters. The summed E-state index contributed by atoms with van der Waals surface area (Å²) in [7, 11) is -3.79. The summed E-state index contributed by atoms with van der Waals surface area (Å²) in [6, 6.07) is 10.4. The molecule has 0 aliphatic carbocycles. The van der Waals surface area contributed by atoms with Crippen LogP contribution in [0, 0.1) is 6.92 Å². The Labute approximate surface area is 165 Å². The van der Waals surface area contributed by atoms with Crippen molar-refractivity contribution in [2.24, 2.45) is 5.10 Å². The van der Waals surface area contributed by atoms with Gasteiger partial charge in [-0.25, -0.2) is 13.8 Å². The van der Waals surface area contributed by atoms with Crippen LogP contribution in [0.2, 0.25) is 0 Å². The first-order valence-electron chi connectivity index (χ1n) is 8.40. The number of anilines is 2. The number of nitrogens with one attached hydrogen (secondary N) is 1. The summed E-state index contributed by atoms with van der Waals surface area (Å²) in [4.78, 5) is 12.6. The molecule has 2 aromatic carbocycles. The van der Waals surface area contributed by atoms with Gasteiger partial charge in [-0.15, -0.1) is 0 Å². The molecule has 0 bridgehead atoms. The van der Waals surface area contributed by atoms with Crippen molar-refractivity contribution >= 4 is 54.6 Å². The van der Waals surface area contributed by atoms with Crippen molar-refractivity contribution in [1.29, 1.82) is 0 Å². The number of rotatable bonds is 4. The number of carbonyl (C=O) groups excluding carboxylic acids is 1. The molecule has 0 spiro atoms. The van der Waals surface area contributed by atoms with Crippen LogP contribution < -0.4 is 15.5 Å². The average molecular weight is 416 g/mol. The van der Waals surface area contributed by atoms with Crippen LogP contribution in [-0.4, -0.2) is 31.0 Å². The molecule has 8 nitrogen and oxygen atoms in total.